The molecule has 1 aromatic heterocycles. The van der Waals surface area contributed by atoms with Crippen molar-refractivity contribution in [1.29, 1.82) is 0 Å². The summed E-state index contributed by atoms with van der Waals surface area (Å²) in [5, 5.41) is 3.25. The number of hydrogen-bond acceptors (Lipinski definition) is 3. The minimum Gasteiger partial charge on any atom is -0.340 e. The molecule has 0 aromatic carbocycles. The molecule has 1 heterocycles. The highest BCUT2D eigenvalue weighted by atomic mass is 15.0. The van der Waals surface area contributed by atoms with E-state index in [9.17, 15) is 0 Å². The van der Waals surface area contributed by atoms with Crippen molar-refractivity contribution in [2.75, 3.05) is 5.32 Å². The molecule has 0 aliphatic heterocycles. The van der Waals surface area contributed by atoms with Crippen molar-refractivity contribution >= 4 is 11.4 Å². The van der Waals surface area contributed by atoms with Gasteiger partial charge in [0.1, 0.15) is 12.1 Å². The highest BCUT2D eigenvalue weighted by molar-refractivity contribution is 5.74. The fraction of sp³-hybridized carbons (Fsp3) is 0.360. The van der Waals surface area contributed by atoms with Gasteiger partial charge in [0.25, 0.3) is 0 Å². The molecule has 0 aliphatic carbocycles. The Labute approximate surface area is 174 Å². The first kappa shape index (κ1) is 30.1. The zero-order valence-corrected chi connectivity index (χ0v) is 19.5. The van der Waals surface area contributed by atoms with Crippen molar-refractivity contribution in [3.8, 4) is 0 Å². The molecule has 3 heteroatoms. The summed E-state index contributed by atoms with van der Waals surface area (Å²) in [4.78, 5) is 8.57. The van der Waals surface area contributed by atoms with E-state index in [0.29, 0.717) is 0 Å². The molecule has 1 N–H and O–H groups in total. The molecule has 0 aliphatic rings. The van der Waals surface area contributed by atoms with Gasteiger partial charge in [0.05, 0.1) is 5.69 Å². The largest absolute Gasteiger partial charge is 0.340 e. The molecule has 0 atom stereocenters. The fourth-order valence-corrected chi connectivity index (χ4v) is 1.68. The van der Waals surface area contributed by atoms with Gasteiger partial charge in [-0.25, -0.2) is 9.97 Å². The van der Waals surface area contributed by atoms with Crippen LogP contribution in [0.15, 0.2) is 79.4 Å². The van der Waals surface area contributed by atoms with Crippen LogP contribution >= 0.6 is 0 Å². The van der Waals surface area contributed by atoms with Gasteiger partial charge in [0.15, 0.2) is 0 Å². The maximum atomic E-state index is 4.32. The van der Waals surface area contributed by atoms with Crippen LogP contribution in [0.2, 0.25) is 0 Å². The van der Waals surface area contributed by atoms with Gasteiger partial charge in [0.2, 0.25) is 0 Å². The molecule has 3 nitrogen and oxygen atoms in total. The van der Waals surface area contributed by atoms with Crippen LogP contribution in [0.4, 0.5) is 5.82 Å². The minimum atomic E-state index is 0.734. The molecule has 0 spiro atoms. The van der Waals surface area contributed by atoms with Crippen LogP contribution in [0.25, 0.3) is 5.57 Å². The number of aromatic nitrogens is 2. The second-order valence-electron chi connectivity index (χ2n) is 4.59. The molecule has 0 radical (unpaired) electrons. The number of allylic oxidation sites excluding steroid dienone is 9. The second-order valence-corrected chi connectivity index (χ2v) is 4.59. The molecule has 28 heavy (non-hydrogen) atoms. The number of anilines is 1. The third kappa shape index (κ3) is 13.5. The summed E-state index contributed by atoms with van der Waals surface area (Å²) in [5.74, 6) is 0.734. The molecular formula is C25H41N3. The minimum absolute atomic E-state index is 0.734. The molecule has 156 valence electrons. The van der Waals surface area contributed by atoms with Crippen molar-refractivity contribution in [3.05, 3.63) is 85.0 Å². The van der Waals surface area contributed by atoms with E-state index in [-0.39, 0.29) is 0 Å². The topological polar surface area (TPSA) is 37.8 Å². The first-order chi connectivity index (χ1) is 13.6. The Bertz CT molecular complexity index is 648. The lowest BCUT2D eigenvalue weighted by Gasteiger charge is -2.08. The summed E-state index contributed by atoms with van der Waals surface area (Å²) in [6, 6.07) is 1.90. The highest BCUT2D eigenvalue weighted by Crippen LogP contribution is 2.18. The van der Waals surface area contributed by atoms with Crippen molar-refractivity contribution in [1.82, 2.24) is 9.97 Å². The van der Waals surface area contributed by atoms with Gasteiger partial charge in [-0.15, -0.1) is 0 Å². The van der Waals surface area contributed by atoms with Gasteiger partial charge >= 0.3 is 0 Å². The summed E-state index contributed by atoms with van der Waals surface area (Å²) in [6.07, 6.45) is 14.9. The van der Waals surface area contributed by atoms with E-state index in [1.807, 2.05) is 98.8 Å². The van der Waals surface area contributed by atoms with Gasteiger partial charge in [-0.3, -0.25) is 0 Å². The SMILES string of the molecule is C=C/C=C\C(=C/C)Nc1cc(/C(C=C)=C/C(C)=C\C)ncn1.CC.CC.CC. The number of nitrogens with one attached hydrogen (secondary N) is 1. The first-order valence-electron chi connectivity index (χ1n) is 10.2. The Morgan fingerprint density at radius 1 is 0.964 bits per heavy atom. The summed E-state index contributed by atoms with van der Waals surface area (Å²) in [6.45, 7) is 25.5. The van der Waals surface area contributed by atoms with Gasteiger partial charge < -0.3 is 5.32 Å². The fourth-order valence-electron chi connectivity index (χ4n) is 1.68. The Morgan fingerprint density at radius 2 is 1.57 bits per heavy atom. The second kappa shape index (κ2) is 22.4. The van der Waals surface area contributed by atoms with E-state index in [4.69, 9.17) is 0 Å². The monoisotopic (exact) mass is 383 g/mol. The average molecular weight is 384 g/mol. The Kier molecular flexibility index (Phi) is 24.0. The van der Waals surface area contributed by atoms with Crippen molar-refractivity contribution in [3.63, 3.8) is 0 Å². The Balaban J connectivity index is -0.000000946. The molecule has 0 amide bonds. The summed E-state index contributed by atoms with van der Waals surface area (Å²) >= 11 is 0. The predicted molar refractivity (Wildman–Crippen MR) is 130 cm³/mol. The third-order valence-electron chi connectivity index (χ3n) is 3.02. The summed E-state index contributed by atoms with van der Waals surface area (Å²) < 4.78 is 0. The van der Waals surface area contributed by atoms with Gasteiger partial charge in [-0.2, -0.15) is 0 Å². The molecule has 0 unspecified atom stereocenters. The lowest BCUT2D eigenvalue weighted by molar-refractivity contribution is 1.14. The van der Waals surface area contributed by atoms with Crippen LogP contribution in [-0.4, -0.2) is 9.97 Å². The van der Waals surface area contributed by atoms with Crippen molar-refractivity contribution in [2.24, 2.45) is 0 Å². The van der Waals surface area contributed by atoms with Crippen LogP contribution in [0.3, 0.4) is 0 Å². The van der Waals surface area contributed by atoms with Gasteiger partial charge in [-0.1, -0.05) is 96.7 Å². The predicted octanol–water partition coefficient (Wildman–Crippen LogP) is 8.15. The average Bonchev–Trinajstić information content (AvgIpc) is 2.78. The van der Waals surface area contributed by atoms with E-state index < -0.39 is 0 Å². The van der Waals surface area contributed by atoms with Crippen LogP contribution in [0, 0.1) is 0 Å². The molecular weight excluding hydrogens is 342 g/mol. The van der Waals surface area contributed by atoms with Crippen molar-refractivity contribution < 1.29 is 0 Å². The van der Waals surface area contributed by atoms with Crippen LogP contribution in [0.1, 0.15) is 68.0 Å². The number of hydrogen-bond donors (Lipinski definition) is 1. The quantitative estimate of drug-likeness (QED) is 0.483. The zero-order valence-electron chi connectivity index (χ0n) is 19.5. The molecule has 1 rings (SSSR count). The molecule has 1 aromatic rings. The molecule has 0 fully saturated rings. The molecule has 0 bridgehead atoms. The zero-order chi connectivity index (χ0) is 22.4. The standard InChI is InChI=1S/C19H23N3.3C2H6/c1-6-10-11-17(9-4)22-19-13-18(20-14-21-19)16(8-3)12-15(5)7-2;3*1-2/h6-14H,1,3H2,2,4-5H3,(H,20,21,22);3*1-2H3/b11-10-,15-7-,16-12+,17-9+;;;. The van der Waals surface area contributed by atoms with Crippen molar-refractivity contribution in [2.45, 2.75) is 62.3 Å². The number of rotatable bonds is 7. The van der Waals surface area contributed by atoms with E-state index in [1.54, 1.807) is 18.5 Å². The molecule has 0 saturated carbocycles. The van der Waals surface area contributed by atoms with Gasteiger partial charge in [-0.05, 0) is 32.4 Å². The highest BCUT2D eigenvalue weighted by Gasteiger charge is 2.03. The normalized spacial score (nSPS) is 11.1. The molecule has 0 saturated heterocycles. The smallest absolute Gasteiger partial charge is 0.134 e. The lowest BCUT2D eigenvalue weighted by Crippen LogP contribution is -2.01. The maximum Gasteiger partial charge on any atom is 0.134 e. The maximum absolute atomic E-state index is 4.32. The van der Waals surface area contributed by atoms with E-state index in [1.165, 1.54) is 0 Å². The summed E-state index contributed by atoms with van der Waals surface area (Å²) in [7, 11) is 0. The van der Waals surface area contributed by atoms with Crippen LogP contribution < -0.4 is 5.32 Å². The van der Waals surface area contributed by atoms with E-state index >= 15 is 0 Å². The summed E-state index contributed by atoms with van der Waals surface area (Å²) in [5.41, 5.74) is 3.89. The number of nitrogens with zero attached hydrogens (tertiary/aromatic N) is 2. The van der Waals surface area contributed by atoms with E-state index in [2.05, 4.69) is 28.4 Å². The lowest BCUT2D eigenvalue weighted by atomic mass is 10.1. The first-order valence-corrected chi connectivity index (χ1v) is 10.2. The Morgan fingerprint density at radius 3 is 2.04 bits per heavy atom. The van der Waals surface area contributed by atoms with Gasteiger partial charge in [0, 0.05) is 11.8 Å². The third-order valence-corrected chi connectivity index (χ3v) is 3.02. The van der Waals surface area contributed by atoms with E-state index in [0.717, 1.165) is 28.4 Å². The van der Waals surface area contributed by atoms with Crippen LogP contribution in [0.5, 0.6) is 0 Å². The Hall–Kier alpha value is -2.68. The van der Waals surface area contributed by atoms with Crippen LogP contribution in [-0.2, 0) is 0 Å².